The number of nitrogens with zero attached hydrogens (tertiary/aromatic N) is 1. The normalized spacial score (nSPS) is 16.3. The van der Waals surface area contributed by atoms with Crippen molar-refractivity contribution in [3.05, 3.63) is 34.1 Å². The maximum Gasteiger partial charge on any atom is 0.257 e. The van der Waals surface area contributed by atoms with Crippen LogP contribution in [0.15, 0.2) is 22.7 Å². The average Bonchev–Trinajstić information content (AvgIpc) is 2.16. The molecular weight excluding hydrogens is 265 g/mol. The number of amides is 1. The van der Waals surface area contributed by atoms with E-state index in [2.05, 4.69) is 15.9 Å². The monoisotopic (exact) mass is 273 g/mol. The molecule has 1 aliphatic heterocycles. The molecule has 1 aliphatic rings. The molecule has 0 atom stereocenters. The highest BCUT2D eigenvalue weighted by Crippen LogP contribution is 2.19. The lowest BCUT2D eigenvalue weighted by Crippen LogP contribution is -2.53. The number of hydrogen-bond acceptors (Lipinski definition) is 2. The molecule has 15 heavy (non-hydrogen) atoms. The van der Waals surface area contributed by atoms with Crippen molar-refractivity contribution in [3.63, 3.8) is 0 Å². The molecule has 0 bridgehead atoms. The van der Waals surface area contributed by atoms with Gasteiger partial charge in [0.2, 0.25) is 0 Å². The van der Waals surface area contributed by atoms with Gasteiger partial charge in [0.1, 0.15) is 5.82 Å². The number of likely N-dealkylation sites (tertiary alicyclic amines) is 1. The fraction of sp³-hybridized carbons (Fsp3) is 0.300. The van der Waals surface area contributed by atoms with Gasteiger partial charge in [0.25, 0.3) is 5.91 Å². The third-order valence-electron chi connectivity index (χ3n) is 2.31. The number of halogens is 2. The van der Waals surface area contributed by atoms with Gasteiger partial charge in [-0.2, -0.15) is 0 Å². The summed E-state index contributed by atoms with van der Waals surface area (Å²) in [5, 5.41) is 9.04. The molecule has 5 heteroatoms. The second kappa shape index (κ2) is 3.90. The van der Waals surface area contributed by atoms with E-state index in [1.807, 2.05) is 0 Å². The van der Waals surface area contributed by atoms with Crippen LogP contribution in [0.2, 0.25) is 0 Å². The second-order valence-corrected chi connectivity index (χ2v) is 4.40. The van der Waals surface area contributed by atoms with Gasteiger partial charge >= 0.3 is 0 Å². The van der Waals surface area contributed by atoms with Crippen molar-refractivity contribution < 1.29 is 14.3 Å². The van der Waals surface area contributed by atoms with Crippen LogP contribution in [-0.4, -0.2) is 35.1 Å². The van der Waals surface area contributed by atoms with Crippen molar-refractivity contribution >= 4 is 21.8 Å². The number of benzene rings is 1. The molecule has 1 fully saturated rings. The van der Waals surface area contributed by atoms with Crippen molar-refractivity contribution in [3.8, 4) is 0 Å². The Labute approximate surface area is 94.6 Å². The van der Waals surface area contributed by atoms with Gasteiger partial charge in [-0.15, -0.1) is 0 Å². The van der Waals surface area contributed by atoms with Crippen LogP contribution >= 0.6 is 15.9 Å². The molecule has 1 aromatic rings. The van der Waals surface area contributed by atoms with E-state index in [0.29, 0.717) is 4.47 Å². The summed E-state index contributed by atoms with van der Waals surface area (Å²) < 4.78 is 14.0. The van der Waals surface area contributed by atoms with E-state index in [9.17, 15) is 9.18 Å². The molecule has 0 radical (unpaired) electrons. The number of aliphatic hydroxyl groups is 1. The van der Waals surface area contributed by atoms with E-state index in [4.69, 9.17) is 5.11 Å². The second-order valence-electron chi connectivity index (χ2n) is 3.49. The highest BCUT2D eigenvalue weighted by molar-refractivity contribution is 9.10. The molecule has 1 aromatic carbocycles. The van der Waals surface area contributed by atoms with E-state index in [-0.39, 0.29) is 24.6 Å². The Morgan fingerprint density at radius 2 is 2.20 bits per heavy atom. The zero-order chi connectivity index (χ0) is 11.0. The molecule has 1 N–H and O–H groups in total. The molecule has 1 amide bonds. The fourth-order valence-corrected chi connectivity index (χ4v) is 1.81. The van der Waals surface area contributed by atoms with Gasteiger partial charge in [0.05, 0.1) is 11.7 Å². The Kier molecular flexibility index (Phi) is 2.75. The van der Waals surface area contributed by atoms with E-state index in [1.165, 1.54) is 23.1 Å². The van der Waals surface area contributed by atoms with Crippen LogP contribution in [0.3, 0.4) is 0 Å². The Balaban J connectivity index is 2.22. The molecular formula is C10H9BrFNO2. The first-order valence-corrected chi connectivity index (χ1v) is 5.29. The summed E-state index contributed by atoms with van der Waals surface area (Å²) in [6.07, 6.45) is -0.468. The van der Waals surface area contributed by atoms with Crippen molar-refractivity contribution in [2.75, 3.05) is 13.1 Å². The zero-order valence-electron chi connectivity index (χ0n) is 7.78. The van der Waals surface area contributed by atoms with Crippen molar-refractivity contribution in [2.24, 2.45) is 0 Å². The minimum atomic E-state index is -0.537. The van der Waals surface area contributed by atoms with Crippen molar-refractivity contribution in [1.29, 1.82) is 0 Å². The lowest BCUT2D eigenvalue weighted by molar-refractivity contribution is 0.00558. The topological polar surface area (TPSA) is 40.5 Å². The van der Waals surface area contributed by atoms with Gasteiger partial charge in [0.15, 0.2) is 0 Å². The Bertz CT molecular complexity index is 404. The van der Waals surface area contributed by atoms with Crippen LogP contribution in [0.5, 0.6) is 0 Å². The molecule has 80 valence electrons. The van der Waals surface area contributed by atoms with E-state index >= 15 is 0 Å². The van der Waals surface area contributed by atoms with Gasteiger partial charge < -0.3 is 10.0 Å². The SMILES string of the molecule is O=C(c1cc(Br)ccc1F)N1CC(O)C1. The summed E-state index contributed by atoms with van der Waals surface area (Å²) >= 11 is 3.18. The molecule has 1 saturated heterocycles. The van der Waals surface area contributed by atoms with Gasteiger partial charge in [0, 0.05) is 17.6 Å². The summed E-state index contributed by atoms with van der Waals surface area (Å²) in [5.41, 5.74) is 0.0382. The number of rotatable bonds is 1. The predicted molar refractivity (Wildman–Crippen MR) is 56.0 cm³/mol. The standard InChI is InChI=1S/C10H9BrFNO2/c11-6-1-2-9(12)8(3-6)10(15)13-4-7(14)5-13/h1-3,7,14H,4-5H2. The number of β-amino-alcohol motifs (C(OH)–C–C–N with tert-alkyl or cyclic N) is 1. The number of hydrogen-bond donors (Lipinski definition) is 1. The Morgan fingerprint density at radius 1 is 1.53 bits per heavy atom. The average molecular weight is 274 g/mol. The number of carbonyl (C=O) groups excluding carboxylic acids is 1. The first-order chi connectivity index (χ1) is 7.08. The Hall–Kier alpha value is -0.940. The van der Waals surface area contributed by atoms with Crippen LogP contribution in [0.4, 0.5) is 4.39 Å². The maximum absolute atomic E-state index is 13.3. The molecule has 0 unspecified atom stereocenters. The molecule has 0 aliphatic carbocycles. The van der Waals surface area contributed by atoms with Gasteiger partial charge in [-0.05, 0) is 18.2 Å². The summed E-state index contributed by atoms with van der Waals surface area (Å²) in [6, 6.07) is 4.23. The third-order valence-corrected chi connectivity index (χ3v) is 2.80. The summed E-state index contributed by atoms with van der Waals surface area (Å²) in [6.45, 7) is 0.565. The van der Waals surface area contributed by atoms with E-state index in [0.717, 1.165) is 0 Å². The molecule has 3 nitrogen and oxygen atoms in total. The van der Waals surface area contributed by atoms with Crippen LogP contribution < -0.4 is 0 Å². The predicted octanol–water partition coefficient (Wildman–Crippen LogP) is 1.40. The highest BCUT2D eigenvalue weighted by atomic mass is 79.9. The smallest absolute Gasteiger partial charge is 0.257 e. The molecule has 1 heterocycles. The lowest BCUT2D eigenvalue weighted by atomic mass is 10.1. The quantitative estimate of drug-likeness (QED) is 0.841. The zero-order valence-corrected chi connectivity index (χ0v) is 9.37. The van der Waals surface area contributed by atoms with Crippen LogP contribution in [0, 0.1) is 5.82 Å². The number of carbonyl (C=O) groups is 1. The van der Waals surface area contributed by atoms with E-state index in [1.54, 1.807) is 0 Å². The van der Waals surface area contributed by atoms with E-state index < -0.39 is 11.9 Å². The summed E-state index contributed by atoms with van der Waals surface area (Å²) in [4.78, 5) is 13.1. The number of aliphatic hydroxyl groups excluding tert-OH is 1. The molecule has 0 saturated carbocycles. The third kappa shape index (κ3) is 2.03. The maximum atomic E-state index is 13.3. The van der Waals surface area contributed by atoms with Crippen LogP contribution in [0.1, 0.15) is 10.4 Å². The summed E-state index contributed by atoms with van der Waals surface area (Å²) in [5.74, 6) is -0.913. The molecule has 0 spiro atoms. The molecule has 0 aromatic heterocycles. The van der Waals surface area contributed by atoms with Crippen molar-refractivity contribution in [2.45, 2.75) is 6.10 Å². The lowest BCUT2D eigenvalue weighted by Gasteiger charge is -2.35. The summed E-state index contributed by atoms with van der Waals surface area (Å²) in [7, 11) is 0. The fourth-order valence-electron chi connectivity index (χ4n) is 1.45. The van der Waals surface area contributed by atoms with Gasteiger partial charge in [-0.1, -0.05) is 15.9 Å². The minimum Gasteiger partial charge on any atom is -0.389 e. The largest absolute Gasteiger partial charge is 0.389 e. The minimum absolute atomic E-state index is 0.0382. The first-order valence-electron chi connectivity index (χ1n) is 4.50. The van der Waals surface area contributed by atoms with Gasteiger partial charge in [-0.3, -0.25) is 4.79 Å². The van der Waals surface area contributed by atoms with Crippen LogP contribution in [0.25, 0.3) is 0 Å². The molecule has 2 rings (SSSR count). The van der Waals surface area contributed by atoms with Crippen molar-refractivity contribution in [1.82, 2.24) is 4.90 Å². The first kappa shape index (κ1) is 10.6. The highest BCUT2D eigenvalue weighted by Gasteiger charge is 2.30. The van der Waals surface area contributed by atoms with Crippen LogP contribution in [-0.2, 0) is 0 Å². The Morgan fingerprint density at radius 3 is 2.80 bits per heavy atom. The van der Waals surface area contributed by atoms with Gasteiger partial charge in [-0.25, -0.2) is 4.39 Å².